The predicted molar refractivity (Wildman–Crippen MR) is 155 cm³/mol. The highest BCUT2D eigenvalue weighted by molar-refractivity contribution is 5.90. The van der Waals surface area contributed by atoms with Gasteiger partial charge in [0.15, 0.2) is 0 Å². The van der Waals surface area contributed by atoms with Crippen LogP contribution in [0.4, 0.5) is 0 Å². The molecule has 2 N–H and O–H groups in total. The molecule has 1 rings (SSSR count). The largest absolute Gasteiger partial charge is 0.478 e. The smallest absolute Gasteiger partial charge is 0.336 e. The number of hydrogen-bond donors (Lipinski definition) is 2. The van der Waals surface area contributed by atoms with Crippen LogP contribution in [0.3, 0.4) is 0 Å². The van der Waals surface area contributed by atoms with Crippen LogP contribution < -0.4 is 0 Å². The molecule has 0 spiro atoms. The molecule has 40 heavy (non-hydrogen) atoms. The highest BCUT2D eigenvalue weighted by Gasteiger charge is 2.17. The summed E-state index contributed by atoms with van der Waals surface area (Å²) < 4.78 is 14.0. The minimum Gasteiger partial charge on any atom is -0.478 e. The first-order chi connectivity index (χ1) is 18.9. The molecule has 220 valence electrons. The number of allylic oxidation sites excluding steroid dienone is 1. The van der Waals surface area contributed by atoms with Crippen molar-refractivity contribution in [1.29, 1.82) is 0 Å². The Bertz CT molecular complexity index is 1020. The summed E-state index contributed by atoms with van der Waals surface area (Å²) >= 11 is 0. The Balaban J connectivity index is 0. The summed E-state index contributed by atoms with van der Waals surface area (Å²) in [4.78, 5) is 43.1. The molecule has 1 atom stereocenters. The maximum atomic E-state index is 11.2. The lowest BCUT2D eigenvalue weighted by Gasteiger charge is -2.09. The van der Waals surface area contributed by atoms with E-state index in [4.69, 9.17) is 9.84 Å². The second-order valence-corrected chi connectivity index (χ2v) is 8.10. The normalized spacial score (nSPS) is 11.0. The third-order valence-corrected chi connectivity index (χ3v) is 4.66. The number of aliphatic carboxylic acids is 1. The quantitative estimate of drug-likeness (QED) is 0.136. The number of carbonyl (C=O) groups is 4. The lowest BCUT2D eigenvalue weighted by atomic mass is 10.1. The van der Waals surface area contributed by atoms with Crippen molar-refractivity contribution in [2.75, 3.05) is 20.3 Å². The number of hydrogen-bond acceptors (Lipinski definition) is 8. The Morgan fingerprint density at radius 3 is 2.10 bits per heavy atom. The summed E-state index contributed by atoms with van der Waals surface area (Å²) in [5.41, 5.74) is 1.34. The number of carboxylic acids is 1. The molecule has 0 saturated heterocycles. The first kappa shape index (κ1) is 37.9. The lowest BCUT2D eigenvalue weighted by Crippen LogP contribution is -2.19. The fraction of sp³-hybridized carbons (Fsp3) is 0.355. The van der Waals surface area contributed by atoms with E-state index < -0.39 is 18.0 Å². The molecule has 1 aromatic carbocycles. The van der Waals surface area contributed by atoms with Crippen LogP contribution in [0.5, 0.6) is 0 Å². The van der Waals surface area contributed by atoms with Crippen molar-refractivity contribution in [1.82, 2.24) is 0 Å². The molecule has 0 aromatic heterocycles. The molecule has 0 heterocycles. The maximum absolute atomic E-state index is 11.2. The van der Waals surface area contributed by atoms with E-state index in [0.29, 0.717) is 25.0 Å². The number of benzene rings is 1. The fourth-order valence-corrected chi connectivity index (χ4v) is 2.32. The molecule has 0 aliphatic carbocycles. The van der Waals surface area contributed by atoms with E-state index in [-0.39, 0.29) is 29.7 Å². The highest BCUT2D eigenvalue weighted by Crippen LogP contribution is 2.08. The summed E-state index contributed by atoms with van der Waals surface area (Å²) in [6.07, 6.45) is 7.89. The van der Waals surface area contributed by atoms with Gasteiger partial charge in [0, 0.05) is 17.2 Å². The molecule has 1 unspecified atom stereocenters. The van der Waals surface area contributed by atoms with Gasteiger partial charge in [0.05, 0.1) is 25.9 Å². The van der Waals surface area contributed by atoms with E-state index in [1.165, 1.54) is 20.1 Å². The molecular weight excluding hydrogens is 516 g/mol. The summed E-state index contributed by atoms with van der Waals surface area (Å²) in [7, 11) is 1.36. The van der Waals surface area contributed by atoms with E-state index in [1.54, 1.807) is 0 Å². The van der Waals surface area contributed by atoms with Gasteiger partial charge in [0.25, 0.3) is 0 Å². The van der Waals surface area contributed by atoms with Gasteiger partial charge in [-0.15, -0.1) is 0 Å². The zero-order chi connectivity index (χ0) is 30.9. The molecule has 0 bridgehead atoms. The second kappa shape index (κ2) is 23.8. The van der Waals surface area contributed by atoms with Crippen molar-refractivity contribution in [2.24, 2.45) is 0 Å². The predicted octanol–water partition coefficient (Wildman–Crippen LogP) is 5.22. The second-order valence-electron chi connectivity index (χ2n) is 8.10. The molecule has 9 nitrogen and oxygen atoms in total. The van der Waals surface area contributed by atoms with Crippen molar-refractivity contribution in [3.63, 3.8) is 0 Å². The Labute approximate surface area is 237 Å². The number of esters is 3. The molecule has 0 fully saturated rings. The van der Waals surface area contributed by atoms with Crippen LogP contribution in [-0.2, 0) is 33.4 Å². The zero-order valence-corrected chi connectivity index (χ0v) is 23.9. The van der Waals surface area contributed by atoms with Gasteiger partial charge in [0.1, 0.15) is 6.10 Å². The van der Waals surface area contributed by atoms with Crippen LogP contribution in [0.15, 0.2) is 85.0 Å². The topological polar surface area (TPSA) is 136 Å². The van der Waals surface area contributed by atoms with E-state index in [1.807, 2.05) is 56.3 Å². The van der Waals surface area contributed by atoms with Crippen LogP contribution in [-0.4, -0.2) is 60.5 Å². The Morgan fingerprint density at radius 1 is 0.975 bits per heavy atom. The number of aliphatic hydroxyl groups excluding tert-OH is 1. The van der Waals surface area contributed by atoms with Gasteiger partial charge in [0.2, 0.25) is 0 Å². The first-order valence-corrected chi connectivity index (χ1v) is 12.7. The van der Waals surface area contributed by atoms with Gasteiger partial charge >= 0.3 is 23.9 Å². The number of carbonyl (C=O) groups excluding carboxylic acids is 3. The number of methoxy groups -OCH3 is 1. The van der Waals surface area contributed by atoms with Gasteiger partial charge < -0.3 is 24.4 Å². The summed E-state index contributed by atoms with van der Waals surface area (Å²) in [6.45, 7) is 16.2. The zero-order valence-electron chi connectivity index (χ0n) is 23.9. The van der Waals surface area contributed by atoms with Gasteiger partial charge in [-0.3, -0.25) is 0 Å². The van der Waals surface area contributed by atoms with Crippen molar-refractivity contribution in [3.05, 3.63) is 90.6 Å². The van der Waals surface area contributed by atoms with Gasteiger partial charge in [-0.25, -0.2) is 19.2 Å². The van der Waals surface area contributed by atoms with Crippen LogP contribution in [0.1, 0.15) is 52.0 Å². The van der Waals surface area contributed by atoms with Crippen LogP contribution in [0.2, 0.25) is 0 Å². The molecule has 9 heteroatoms. The number of unbranched alkanes of at least 4 members (excludes halogenated alkanes) is 1. The summed E-state index contributed by atoms with van der Waals surface area (Å²) in [5.74, 6) is -2.56. The highest BCUT2D eigenvalue weighted by atomic mass is 16.5. The SMILES string of the molecule is C=C(C(=O)OCCC)C(O)C=C(C)C(=O)O.C=C(CC=Cc1ccccc1)C(=O)OC.C=CC(=O)OCCCC. The van der Waals surface area contributed by atoms with Crippen LogP contribution in [0.25, 0.3) is 6.08 Å². The van der Waals surface area contributed by atoms with E-state index in [0.717, 1.165) is 24.5 Å². The molecule has 0 saturated carbocycles. The molecule has 0 radical (unpaired) electrons. The minimum atomic E-state index is -1.33. The van der Waals surface area contributed by atoms with Crippen molar-refractivity contribution >= 4 is 30.0 Å². The van der Waals surface area contributed by atoms with E-state index >= 15 is 0 Å². The van der Waals surface area contributed by atoms with Crippen LogP contribution in [0, 0.1) is 0 Å². The Morgan fingerprint density at radius 2 is 1.60 bits per heavy atom. The Hall–Kier alpha value is -4.24. The van der Waals surface area contributed by atoms with E-state index in [2.05, 4.69) is 29.2 Å². The van der Waals surface area contributed by atoms with Crippen molar-refractivity contribution in [2.45, 2.75) is 52.6 Å². The standard InChI is InChI=1S/C13H14O2.C11H16O5.C7H12O2/c1-11(13(14)15-2)7-6-10-12-8-4-3-5-9-12;1-4-5-16-11(15)8(3)9(12)6-7(2)10(13)14;1-3-5-6-9-7(8)4-2/h3-6,8-10H,1,7H2,2H3;6,9,12H,3-5H2,1-2H3,(H,13,14);4H,2-3,5-6H2,1H3. The Kier molecular flexibility index (Phi) is 22.6. The molecule has 0 aliphatic heterocycles. The lowest BCUT2D eigenvalue weighted by molar-refractivity contribution is -0.140. The number of aliphatic hydroxyl groups is 1. The molecule has 0 amide bonds. The summed E-state index contributed by atoms with van der Waals surface area (Å²) in [5, 5.41) is 18.0. The van der Waals surface area contributed by atoms with Gasteiger partial charge in [-0.05, 0) is 37.8 Å². The molecular formula is C31H42O9. The van der Waals surface area contributed by atoms with E-state index in [9.17, 15) is 24.3 Å². The molecule has 1 aromatic rings. The fourth-order valence-electron chi connectivity index (χ4n) is 2.32. The van der Waals surface area contributed by atoms with Gasteiger partial charge in [-0.2, -0.15) is 0 Å². The number of ether oxygens (including phenoxy) is 3. The van der Waals surface area contributed by atoms with Crippen molar-refractivity contribution < 1.29 is 43.6 Å². The average Bonchev–Trinajstić information content (AvgIpc) is 2.95. The van der Waals surface area contributed by atoms with Gasteiger partial charge in [-0.1, -0.05) is 82.5 Å². The number of rotatable bonds is 14. The average molecular weight is 559 g/mol. The minimum absolute atomic E-state index is 0.0584. The maximum Gasteiger partial charge on any atom is 0.336 e. The monoisotopic (exact) mass is 558 g/mol. The third kappa shape index (κ3) is 19.8. The third-order valence-electron chi connectivity index (χ3n) is 4.66. The van der Waals surface area contributed by atoms with Crippen LogP contribution >= 0.6 is 0 Å². The first-order valence-electron chi connectivity index (χ1n) is 12.7. The molecule has 0 aliphatic rings. The number of carboxylic acid groups (broad SMARTS) is 1. The summed E-state index contributed by atoms with van der Waals surface area (Å²) in [6, 6.07) is 9.89. The van der Waals surface area contributed by atoms with Crippen molar-refractivity contribution in [3.8, 4) is 0 Å².